The van der Waals surface area contributed by atoms with Crippen molar-refractivity contribution in [1.29, 1.82) is 10.5 Å². The van der Waals surface area contributed by atoms with Crippen LogP contribution in [0.25, 0.3) is 0 Å². The van der Waals surface area contributed by atoms with Gasteiger partial charge in [-0.05, 0) is 0 Å². The first-order chi connectivity index (χ1) is 10.4. The van der Waals surface area contributed by atoms with Crippen molar-refractivity contribution in [3.63, 3.8) is 0 Å². The Balaban J connectivity index is 3.48. The number of nitro groups is 2. The molecular formula is C11H8N6O5. The van der Waals surface area contributed by atoms with Crippen LogP contribution in [-0.2, 0) is 6.42 Å². The van der Waals surface area contributed by atoms with Crippen LogP contribution in [0.15, 0.2) is 17.2 Å². The van der Waals surface area contributed by atoms with Crippen LogP contribution in [0, 0.1) is 42.9 Å². The molecule has 0 saturated heterocycles. The van der Waals surface area contributed by atoms with E-state index in [1.165, 1.54) is 12.1 Å². The van der Waals surface area contributed by atoms with Crippen molar-refractivity contribution >= 4 is 22.8 Å². The molecule has 0 aromatic heterocycles. The zero-order valence-corrected chi connectivity index (χ0v) is 10.9. The van der Waals surface area contributed by atoms with E-state index in [-0.39, 0.29) is 17.7 Å². The van der Waals surface area contributed by atoms with Gasteiger partial charge in [-0.3, -0.25) is 25.7 Å². The summed E-state index contributed by atoms with van der Waals surface area (Å²) in [6.45, 7) is -0.444. The van der Waals surface area contributed by atoms with Crippen molar-refractivity contribution in [3.05, 3.63) is 37.9 Å². The number of nitrogens with one attached hydrogen (secondary N) is 1. The SMILES string of the molecule is N#CC(C#N)=NNc1cc([N+](=O)[O-])cc([N+](=O)[O-])c1CCO. The zero-order chi connectivity index (χ0) is 16.7. The molecule has 0 unspecified atom stereocenters. The number of nitriles is 2. The van der Waals surface area contributed by atoms with Crippen molar-refractivity contribution in [3.8, 4) is 12.1 Å². The van der Waals surface area contributed by atoms with Crippen molar-refractivity contribution in [2.24, 2.45) is 5.10 Å². The van der Waals surface area contributed by atoms with Gasteiger partial charge in [0.2, 0.25) is 5.71 Å². The zero-order valence-electron chi connectivity index (χ0n) is 10.9. The molecule has 0 bridgehead atoms. The summed E-state index contributed by atoms with van der Waals surface area (Å²) in [6, 6.07) is 4.64. The highest BCUT2D eigenvalue weighted by Crippen LogP contribution is 2.32. The van der Waals surface area contributed by atoms with Crippen LogP contribution in [-0.4, -0.2) is 27.3 Å². The third-order valence-electron chi connectivity index (χ3n) is 2.48. The Kier molecular flexibility index (Phi) is 5.45. The molecule has 0 heterocycles. The van der Waals surface area contributed by atoms with Crippen LogP contribution in [0.1, 0.15) is 5.56 Å². The molecule has 0 fully saturated rings. The van der Waals surface area contributed by atoms with Gasteiger partial charge in [0.25, 0.3) is 11.4 Å². The Bertz CT molecular complexity index is 714. The topological polar surface area (TPSA) is 178 Å². The molecule has 1 rings (SSSR count). The maximum Gasteiger partial charge on any atom is 0.281 e. The summed E-state index contributed by atoms with van der Waals surface area (Å²) in [7, 11) is 0. The predicted octanol–water partition coefficient (Wildman–Crippen LogP) is 0.853. The Labute approximate surface area is 123 Å². The second-order valence-corrected chi connectivity index (χ2v) is 3.77. The minimum Gasteiger partial charge on any atom is -0.396 e. The van der Waals surface area contributed by atoms with Crippen molar-refractivity contribution in [2.45, 2.75) is 6.42 Å². The fourth-order valence-corrected chi connectivity index (χ4v) is 1.58. The highest BCUT2D eigenvalue weighted by atomic mass is 16.6. The Morgan fingerprint density at radius 3 is 2.36 bits per heavy atom. The molecule has 0 aliphatic rings. The number of non-ortho nitro benzene ring substituents is 1. The first-order valence-electron chi connectivity index (χ1n) is 5.65. The van der Waals surface area contributed by atoms with E-state index >= 15 is 0 Å². The van der Waals surface area contributed by atoms with Gasteiger partial charge in [-0.1, -0.05) is 0 Å². The Hall–Kier alpha value is -3.57. The molecule has 0 saturated carbocycles. The molecule has 11 heteroatoms. The minimum absolute atomic E-state index is 0.0305. The van der Waals surface area contributed by atoms with Crippen molar-refractivity contribution in [2.75, 3.05) is 12.0 Å². The standard InChI is InChI=1S/C11H8N6O5/c12-5-7(6-13)14-15-10-3-8(16(19)20)4-11(17(21)22)9(10)1-2-18/h3-4,15,18H,1-2H2. The molecule has 22 heavy (non-hydrogen) atoms. The highest BCUT2D eigenvalue weighted by Gasteiger charge is 2.23. The lowest BCUT2D eigenvalue weighted by Crippen LogP contribution is -2.06. The van der Waals surface area contributed by atoms with Gasteiger partial charge in [0.05, 0.1) is 27.2 Å². The van der Waals surface area contributed by atoms with Crippen LogP contribution in [0.3, 0.4) is 0 Å². The van der Waals surface area contributed by atoms with Gasteiger partial charge < -0.3 is 5.11 Å². The normalized spacial score (nSPS) is 9.23. The molecule has 2 N–H and O–H groups in total. The molecule has 1 aromatic rings. The number of hydrazone groups is 1. The van der Waals surface area contributed by atoms with Crippen LogP contribution in [0.4, 0.5) is 17.1 Å². The quantitative estimate of drug-likeness (QED) is 0.440. The summed E-state index contributed by atoms with van der Waals surface area (Å²) < 4.78 is 0. The molecule has 0 aliphatic heterocycles. The fraction of sp³-hybridized carbons (Fsp3) is 0.182. The molecule has 0 amide bonds. The second-order valence-electron chi connectivity index (χ2n) is 3.77. The van der Waals surface area contributed by atoms with E-state index in [9.17, 15) is 20.2 Å². The summed E-state index contributed by atoms with van der Waals surface area (Å²) in [6.07, 6.45) is -0.166. The Morgan fingerprint density at radius 1 is 1.27 bits per heavy atom. The van der Waals surface area contributed by atoms with E-state index in [0.29, 0.717) is 0 Å². The van der Waals surface area contributed by atoms with Gasteiger partial charge in [-0.2, -0.15) is 15.6 Å². The minimum atomic E-state index is -0.833. The highest BCUT2D eigenvalue weighted by molar-refractivity contribution is 6.10. The molecule has 11 nitrogen and oxygen atoms in total. The number of rotatable bonds is 6. The van der Waals surface area contributed by atoms with Crippen LogP contribution in [0.2, 0.25) is 0 Å². The largest absolute Gasteiger partial charge is 0.396 e. The monoisotopic (exact) mass is 304 g/mol. The van der Waals surface area contributed by atoms with E-state index in [2.05, 4.69) is 10.5 Å². The molecule has 0 atom stereocenters. The smallest absolute Gasteiger partial charge is 0.281 e. The van der Waals surface area contributed by atoms with Crippen molar-refractivity contribution < 1.29 is 15.0 Å². The van der Waals surface area contributed by atoms with Crippen LogP contribution >= 0.6 is 0 Å². The number of aliphatic hydroxyl groups excluding tert-OH is 1. The summed E-state index contributed by atoms with van der Waals surface area (Å²) in [4.78, 5) is 20.2. The maximum atomic E-state index is 11.0. The van der Waals surface area contributed by atoms with Gasteiger partial charge in [-0.15, -0.1) is 0 Å². The van der Waals surface area contributed by atoms with Gasteiger partial charge >= 0.3 is 0 Å². The van der Waals surface area contributed by atoms with E-state index in [4.69, 9.17) is 15.6 Å². The number of hydrogen-bond donors (Lipinski definition) is 2. The lowest BCUT2D eigenvalue weighted by atomic mass is 10.1. The number of aliphatic hydroxyl groups is 1. The lowest BCUT2D eigenvalue weighted by molar-refractivity contribution is -0.394. The number of anilines is 1. The fourth-order valence-electron chi connectivity index (χ4n) is 1.58. The molecule has 1 aromatic carbocycles. The van der Waals surface area contributed by atoms with Gasteiger partial charge in [0.15, 0.2) is 0 Å². The predicted molar refractivity (Wildman–Crippen MR) is 72.8 cm³/mol. The van der Waals surface area contributed by atoms with Crippen LogP contribution in [0.5, 0.6) is 0 Å². The van der Waals surface area contributed by atoms with Gasteiger partial charge in [0.1, 0.15) is 12.1 Å². The third kappa shape index (κ3) is 3.72. The van der Waals surface area contributed by atoms with E-state index in [0.717, 1.165) is 12.1 Å². The van der Waals surface area contributed by atoms with Gasteiger partial charge in [0, 0.05) is 19.1 Å². The first-order valence-corrected chi connectivity index (χ1v) is 5.65. The number of hydrogen-bond acceptors (Lipinski definition) is 9. The summed E-state index contributed by atoms with van der Waals surface area (Å²) in [5, 5.41) is 51.3. The summed E-state index contributed by atoms with van der Waals surface area (Å²) in [5.41, 5.74) is 0.336. The van der Waals surface area contributed by atoms with E-state index < -0.39 is 33.5 Å². The summed E-state index contributed by atoms with van der Waals surface area (Å²) >= 11 is 0. The molecule has 112 valence electrons. The number of nitrogens with zero attached hydrogens (tertiary/aromatic N) is 5. The average Bonchev–Trinajstić information content (AvgIpc) is 2.49. The molecule has 0 radical (unpaired) electrons. The Morgan fingerprint density at radius 2 is 1.91 bits per heavy atom. The third-order valence-corrected chi connectivity index (χ3v) is 2.48. The molecular weight excluding hydrogens is 296 g/mol. The van der Waals surface area contributed by atoms with Gasteiger partial charge in [-0.25, -0.2) is 0 Å². The number of nitro benzene ring substituents is 2. The number of benzene rings is 1. The lowest BCUT2D eigenvalue weighted by Gasteiger charge is -2.08. The molecule has 0 spiro atoms. The van der Waals surface area contributed by atoms with E-state index in [1.54, 1.807) is 0 Å². The van der Waals surface area contributed by atoms with Crippen molar-refractivity contribution in [1.82, 2.24) is 0 Å². The second kappa shape index (κ2) is 7.28. The van der Waals surface area contributed by atoms with Crippen LogP contribution < -0.4 is 5.43 Å². The maximum absolute atomic E-state index is 11.0. The first kappa shape index (κ1) is 16.5. The summed E-state index contributed by atoms with van der Waals surface area (Å²) in [5.74, 6) is 0. The average molecular weight is 304 g/mol. The molecule has 0 aliphatic carbocycles. The van der Waals surface area contributed by atoms with E-state index in [1.807, 2.05) is 0 Å².